The largest absolute Gasteiger partial charge is 0.398 e. The van der Waals surface area contributed by atoms with Gasteiger partial charge in [0, 0.05) is 12.2 Å². The highest BCUT2D eigenvalue weighted by atomic mass is 35.5. The van der Waals surface area contributed by atoms with Crippen molar-refractivity contribution in [3.8, 4) is 0 Å². The molecule has 0 saturated carbocycles. The first kappa shape index (κ1) is 19.0. The number of carbonyl (C=O) groups excluding carboxylic acids is 1. The highest BCUT2D eigenvalue weighted by molar-refractivity contribution is 5.99. The average Bonchev–Trinajstić information content (AvgIpc) is 2.53. The molecule has 0 aliphatic rings. The van der Waals surface area contributed by atoms with Crippen molar-refractivity contribution in [1.82, 2.24) is 4.90 Å². The number of aryl methyl sites for hydroxylation is 1. The van der Waals surface area contributed by atoms with E-state index >= 15 is 0 Å². The minimum atomic E-state index is -0.713. The van der Waals surface area contributed by atoms with Crippen molar-refractivity contribution < 1.29 is 9.90 Å². The van der Waals surface area contributed by atoms with Crippen molar-refractivity contribution in [3.05, 3.63) is 65.2 Å². The highest BCUT2D eigenvalue weighted by Crippen LogP contribution is 2.18. The van der Waals surface area contributed by atoms with E-state index in [4.69, 9.17) is 5.73 Å². The molecule has 4 nitrogen and oxygen atoms in total. The zero-order valence-electron chi connectivity index (χ0n) is 13.4. The molecule has 5 heteroatoms. The van der Waals surface area contributed by atoms with E-state index in [1.807, 2.05) is 38.1 Å². The monoisotopic (exact) mass is 334 g/mol. The van der Waals surface area contributed by atoms with Crippen LogP contribution in [-0.2, 0) is 0 Å². The number of aliphatic hydroxyl groups is 1. The number of hydrogen-bond acceptors (Lipinski definition) is 3. The Balaban J connectivity index is 0.00000264. The lowest BCUT2D eigenvalue weighted by atomic mass is 10.1. The van der Waals surface area contributed by atoms with Crippen LogP contribution in [0.15, 0.2) is 48.5 Å². The van der Waals surface area contributed by atoms with Gasteiger partial charge < -0.3 is 15.7 Å². The molecule has 2 aromatic carbocycles. The van der Waals surface area contributed by atoms with Crippen LogP contribution in [0.3, 0.4) is 0 Å². The third-order valence-electron chi connectivity index (χ3n) is 3.72. The summed E-state index contributed by atoms with van der Waals surface area (Å²) in [5, 5.41) is 10.4. The van der Waals surface area contributed by atoms with Crippen molar-refractivity contribution in [2.24, 2.45) is 0 Å². The fourth-order valence-corrected chi connectivity index (χ4v) is 2.32. The van der Waals surface area contributed by atoms with Crippen molar-refractivity contribution in [3.63, 3.8) is 0 Å². The summed E-state index contributed by atoms with van der Waals surface area (Å²) in [5.41, 5.74) is 8.73. The fourth-order valence-electron chi connectivity index (χ4n) is 2.32. The summed E-state index contributed by atoms with van der Waals surface area (Å²) in [4.78, 5) is 14.2. The number of anilines is 1. The number of nitrogen functional groups attached to an aromatic ring is 1. The predicted molar refractivity (Wildman–Crippen MR) is 95.8 cm³/mol. The number of halogens is 1. The van der Waals surface area contributed by atoms with E-state index in [9.17, 15) is 9.90 Å². The number of likely N-dealkylation sites (N-methyl/N-ethyl adjacent to an activating group) is 1. The Morgan fingerprint density at radius 2 is 1.78 bits per heavy atom. The normalized spacial score (nSPS) is 11.4. The Morgan fingerprint density at radius 3 is 2.35 bits per heavy atom. The summed E-state index contributed by atoms with van der Waals surface area (Å²) in [7, 11) is 0. The number of benzene rings is 2. The molecule has 0 aliphatic carbocycles. The Morgan fingerprint density at radius 1 is 1.17 bits per heavy atom. The molecular weight excluding hydrogens is 312 g/mol. The first-order chi connectivity index (χ1) is 10.5. The third-order valence-corrected chi connectivity index (χ3v) is 3.72. The molecule has 0 radical (unpaired) electrons. The van der Waals surface area contributed by atoms with Gasteiger partial charge in [0.2, 0.25) is 0 Å². The molecular formula is C18H23ClN2O2. The summed E-state index contributed by atoms with van der Waals surface area (Å²) in [6.45, 7) is 4.64. The standard InChI is InChI=1S/C18H22N2O2.ClH/c1-3-20(18(22)15-6-4-5-7-16(15)19)12-17(21)14-10-8-13(2)9-11-14;/h4-11,17,21H,3,12,19H2,1-2H3;1H. The van der Waals surface area contributed by atoms with Crippen molar-refractivity contribution in [2.45, 2.75) is 20.0 Å². The van der Waals surface area contributed by atoms with E-state index in [1.165, 1.54) is 0 Å². The van der Waals surface area contributed by atoms with Crippen LogP contribution in [0.5, 0.6) is 0 Å². The van der Waals surface area contributed by atoms with Crippen molar-refractivity contribution >= 4 is 24.0 Å². The van der Waals surface area contributed by atoms with Crippen molar-refractivity contribution in [1.29, 1.82) is 0 Å². The van der Waals surface area contributed by atoms with Gasteiger partial charge >= 0.3 is 0 Å². The van der Waals surface area contributed by atoms with Crippen LogP contribution in [0.4, 0.5) is 5.69 Å². The second-order valence-electron chi connectivity index (χ2n) is 5.36. The molecule has 0 fully saturated rings. The minimum absolute atomic E-state index is 0. The molecule has 1 amide bonds. The number of para-hydroxylation sites is 1. The number of nitrogens with two attached hydrogens (primary N) is 1. The number of rotatable bonds is 5. The van der Waals surface area contributed by atoms with E-state index in [-0.39, 0.29) is 24.9 Å². The SMILES string of the molecule is CCN(CC(O)c1ccc(C)cc1)C(=O)c1ccccc1N.Cl. The molecule has 0 bridgehead atoms. The van der Waals surface area contributed by atoms with Gasteiger partial charge in [-0.2, -0.15) is 0 Å². The average molecular weight is 335 g/mol. The van der Waals surface area contributed by atoms with Crippen LogP contribution in [0.2, 0.25) is 0 Å². The molecule has 2 rings (SSSR count). The number of carbonyl (C=O) groups is 1. The lowest BCUT2D eigenvalue weighted by Gasteiger charge is -2.24. The quantitative estimate of drug-likeness (QED) is 0.825. The lowest BCUT2D eigenvalue weighted by Crippen LogP contribution is -2.35. The zero-order valence-corrected chi connectivity index (χ0v) is 14.2. The van der Waals surface area contributed by atoms with E-state index in [0.29, 0.717) is 17.8 Å². The first-order valence-corrected chi connectivity index (χ1v) is 7.41. The Labute approximate surface area is 143 Å². The van der Waals surface area contributed by atoms with Crippen LogP contribution in [-0.4, -0.2) is 29.0 Å². The van der Waals surface area contributed by atoms with Crippen LogP contribution >= 0.6 is 12.4 Å². The zero-order chi connectivity index (χ0) is 16.1. The van der Waals surface area contributed by atoms with Gasteiger partial charge in [0.15, 0.2) is 0 Å². The summed E-state index contributed by atoms with van der Waals surface area (Å²) in [5.74, 6) is -0.160. The van der Waals surface area contributed by atoms with Crippen LogP contribution in [0.1, 0.15) is 34.5 Å². The molecule has 0 aromatic heterocycles. The molecule has 0 spiro atoms. The predicted octanol–water partition coefficient (Wildman–Crippen LogP) is 3.19. The smallest absolute Gasteiger partial charge is 0.256 e. The maximum atomic E-state index is 12.6. The van der Waals surface area contributed by atoms with Gasteiger partial charge in [-0.15, -0.1) is 12.4 Å². The molecule has 124 valence electrons. The van der Waals surface area contributed by atoms with Crippen LogP contribution < -0.4 is 5.73 Å². The summed E-state index contributed by atoms with van der Waals surface area (Å²) < 4.78 is 0. The van der Waals surface area contributed by atoms with E-state index in [2.05, 4.69) is 0 Å². The minimum Gasteiger partial charge on any atom is -0.398 e. The van der Waals surface area contributed by atoms with Gasteiger partial charge in [-0.1, -0.05) is 42.0 Å². The van der Waals surface area contributed by atoms with Crippen molar-refractivity contribution in [2.75, 3.05) is 18.8 Å². The topological polar surface area (TPSA) is 66.6 Å². The maximum absolute atomic E-state index is 12.6. The molecule has 2 aromatic rings. The molecule has 23 heavy (non-hydrogen) atoms. The van der Waals surface area contributed by atoms with Gasteiger partial charge in [-0.25, -0.2) is 0 Å². The fraction of sp³-hybridized carbons (Fsp3) is 0.278. The molecule has 0 heterocycles. The Bertz CT molecular complexity index is 644. The second-order valence-corrected chi connectivity index (χ2v) is 5.36. The van der Waals surface area contributed by atoms with E-state index in [0.717, 1.165) is 11.1 Å². The van der Waals surface area contributed by atoms with E-state index in [1.54, 1.807) is 29.2 Å². The molecule has 3 N–H and O–H groups in total. The number of amides is 1. The highest BCUT2D eigenvalue weighted by Gasteiger charge is 2.20. The maximum Gasteiger partial charge on any atom is 0.256 e. The van der Waals surface area contributed by atoms with Crippen LogP contribution in [0.25, 0.3) is 0 Å². The third kappa shape index (κ3) is 4.71. The van der Waals surface area contributed by atoms with E-state index < -0.39 is 6.10 Å². The molecule has 1 atom stereocenters. The lowest BCUT2D eigenvalue weighted by molar-refractivity contribution is 0.0636. The Hall–Kier alpha value is -2.04. The van der Waals surface area contributed by atoms with Crippen LogP contribution in [0, 0.1) is 6.92 Å². The molecule has 0 saturated heterocycles. The van der Waals surface area contributed by atoms with Gasteiger partial charge in [-0.05, 0) is 31.5 Å². The first-order valence-electron chi connectivity index (χ1n) is 7.41. The van der Waals surface area contributed by atoms with Gasteiger partial charge in [0.25, 0.3) is 5.91 Å². The summed E-state index contributed by atoms with van der Waals surface area (Å²) in [6, 6.07) is 14.7. The molecule has 1 unspecified atom stereocenters. The van der Waals surface area contributed by atoms with Gasteiger partial charge in [0.1, 0.15) is 0 Å². The number of hydrogen-bond donors (Lipinski definition) is 2. The number of nitrogens with zero attached hydrogens (tertiary/aromatic N) is 1. The van der Waals surface area contributed by atoms with Gasteiger partial charge in [-0.3, -0.25) is 4.79 Å². The summed E-state index contributed by atoms with van der Waals surface area (Å²) >= 11 is 0. The second kappa shape index (κ2) is 8.56. The van der Waals surface area contributed by atoms with Gasteiger partial charge in [0.05, 0.1) is 18.2 Å². The Kier molecular flexibility index (Phi) is 7.07. The summed E-state index contributed by atoms with van der Waals surface area (Å²) in [6.07, 6.45) is -0.713. The molecule has 0 aliphatic heterocycles. The number of aliphatic hydroxyl groups excluding tert-OH is 1.